The van der Waals surface area contributed by atoms with E-state index in [0.29, 0.717) is 5.25 Å². The van der Waals surface area contributed by atoms with E-state index in [4.69, 9.17) is 11.1 Å². The first-order chi connectivity index (χ1) is 6.49. The van der Waals surface area contributed by atoms with Crippen LogP contribution < -0.4 is 5.73 Å². The number of nitrogens with two attached hydrogens (primary N) is 1. The highest BCUT2D eigenvalue weighted by atomic mass is 32.2. The molecule has 0 aromatic carbocycles. The molecule has 4 heteroatoms. The van der Waals surface area contributed by atoms with Gasteiger partial charge in [0, 0.05) is 16.5 Å². The molecule has 76 valence electrons. The molecule has 0 spiro atoms. The topological polar surface area (TPSA) is 62.8 Å². The van der Waals surface area contributed by atoms with Gasteiger partial charge in [-0.2, -0.15) is 0 Å². The number of hydrogen-bond donors (Lipinski definition) is 2. The minimum Gasteiger partial charge on any atom is -0.384 e. The number of nitrogen functional groups attached to an aromatic ring is 1. The predicted molar refractivity (Wildman–Crippen MR) is 61.0 cm³/mol. The number of nitrogens with zero attached hydrogens (tertiary/aromatic N) is 1. The van der Waals surface area contributed by atoms with Gasteiger partial charge in [0.2, 0.25) is 0 Å². The van der Waals surface area contributed by atoms with Gasteiger partial charge >= 0.3 is 0 Å². The van der Waals surface area contributed by atoms with Crippen LogP contribution >= 0.6 is 11.8 Å². The van der Waals surface area contributed by atoms with Crippen LogP contribution in [-0.4, -0.2) is 16.1 Å². The molecule has 0 unspecified atom stereocenters. The SMILES string of the molecule is Cc1cc(C(=N)N)cc(SC(C)C)n1. The number of nitrogens with one attached hydrogen (secondary N) is 1. The highest BCUT2D eigenvalue weighted by Crippen LogP contribution is 2.22. The molecule has 1 rings (SSSR count). The molecule has 0 aliphatic rings. The van der Waals surface area contributed by atoms with Crippen LogP contribution in [-0.2, 0) is 0 Å². The predicted octanol–water partition coefficient (Wildman–Crippen LogP) is 2.17. The van der Waals surface area contributed by atoms with E-state index in [0.717, 1.165) is 16.3 Å². The van der Waals surface area contributed by atoms with Gasteiger partial charge in [0.05, 0.1) is 5.03 Å². The van der Waals surface area contributed by atoms with Crippen molar-refractivity contribution in [3.05, 3.63) is 23.4 Å². The quantitative estimate of drug-likeness (QED) is 0.455. The fraction of sp³-hybridized carbons (Fsp3) is 0.400. The summed E-state index contributed by atoms with van der Waals surface area (Å²) in [6.45, 7) is 6.14. The average molecular weight is 209 g/mol. The molecule has 3 nitrogen and oxygen atoms in total. The van der Waals surface area contributed by atoms with E-state index < -0.39 is 0 Å². The Kier molecular flexibility index (Phi) is 3.52. The number of aromatic nitrogens is 1. The molecule has 0 atom stereocenters. The van der Waals surface area contributed by atoms with Gasteiger partial charge in [0.1, 0.15) is 5.84 Å². The van der Waals surface area contributed by atoms with Crippen molar-refractivity contribution in [2.45, 2.75) is 31.0 Å². The van der Waals surface area contributed by atoms with Crippen LogP contribution in [0.3, 0.4) is 0 Å². The summed E-state index contributed by atoms with van der Waals surface area (Å²) in [6.07, 6.45) is 0. The van der Waals surface area contributed by atoms with Gasteiger partial charge in [-0.3, -0.25) is 5.41 Å². The average Bonchev–Trinajstić information content (AvgIpc) is 2.01. The summed E-state index contributed by atoms with van der Waals surface area (Å²) < 4.78 is 0. The summed E-state index contributed by atoms with van der Waals surface area (Å²) in [4.78, 5) is 4.37. The van der Waals surface area contributed by atoms with Gasteiger partial charge in [-0.1, -0.05) is 13.8 Å². The first kappa shape index (κ1) is 11.0. The maximum Gasteiger partial charge on any atom is 0.122 e. The Morgan fingerprint density at radius 1 is 1.50 bits per heavy atom. The largest absolute Gasteiger partial charge is 0.384 e. The van der Waals surface area contributed by atoms with Crippen LogP contribution in [0.4, 0.5) is 0 Å². The monoisotopic (exact) mass is 209 g/mol. The van der Waals surface area contributed by atoms with E-state index in [9.17, 15) is 0 Å². The highest BCUT2D eigenvalue weighted by Gasteiger charge is 2.04. The lowest BCUT2D eigenvalue weighted by atomic mass is 10.2. The van der Waals surface area contributed by atoms with Crippen molar-refractivity contribution < 1.29 is 0 Å². The minimum absolute atomic E-state index is 0.0982. The first-order valence-electron chi connectivity index (χ1n) is 4.49. The number of amidine groups is 1. The Hall–Kier alpha value is -1.03. The second-order valence-electron chi connectivity index (χ2n) is 3.42. The molecule has 14 heavy (non-hydrogen) atoms. The molecule has 1 aromatic heterocycles. The van der Waals surface area contributed by atoms with Gasteiger partial charge in [-0.15, -0.1) is 11.8 Å². The lowest BCUT2D eigenvalue weighted by Gasteiger charge is -2.07. The molecule has 0 fully saturated rings. The number of thioether (sulfide) groups is 1. The Morgan fingerprint density at radius 3 is 2.64 bits per heavy atom. The van der Waals surface area contributed by atoms with Crippen molar-refractivity contribution in [3.8, 4) is 0 Å². The number of aryl methyl sites for hydroxylation is 1. The van der Waals surface area contributed by atoms with Gasteiger partial charge in [-0.25, -0.2) is 4.98 Å². The third-order valence-corrected chi connectivity index (χ3v) is 2.52. The van der Waals surface area contributed by atoms with Gasteiger partial charge in [-0.05, 0) is 19.1 Å². The maximum atomic E-state index is 7.35. The van der Waals surface area contributed by atoms with E-state index in [-0.39, 0.29) is 5.84 Å². The van der Waals surface area contributed by atoms with Crippen LogP contribution in [0.1, 0.15) is 25.1 Å². The number of pyridine rings is 1. The zero-order valence-corrected chi connectivity index (χ0v) is 9.48. The first-order valence-corrected chi connectivity index (χ1v) is 5.36. The fourth-order valence-corrected chi connectivity index (χ4v) is 1.97. The minimum atomic E-state index is 0.0982. The number of rotatable bonds is 3. The van der Waals surface area contributed by atoms with E-state index in [2.05, 4.69) is 18.8 Å². The second kappa shape index (κ2) is 4.46. The van der Waals surface area contributed by atoms with Crippen LogP contribution in [0.15, 0.2) is 17.2 Å². The maximum absolute atomic E-state index is 7.35. The molecule has 0 radical (unpaired) electrons. The molecular formula is C10H15N3S. The lowest BCUT2D eigenvalue weighted by Crippen LogP contribution is -2.11. The van der Waals surface area contributed by atoms with Crippen molar-refractivity contribution in [1.29, 1.82) is 5.41 Å². The third kappa shape index (κ3) is 3.03. The molecule has 0 saturated carbocycles. The van der Waals surface area contributed by atoms with Crippen LogP contribution in [0.25, 0.3) is 0 Å². The second-order valence-corrected chi connectivity index (χ2v) is 5.01. The van der Waals surface area contributed by atoms with Crippen molar-refractivity contribution in [1.82, 2.24) is 4.98 Å². The molecule has 3 N–H and O–H groups in total. The van der Waals surface area contributed by atoms with Gasteiger partial charge in [0.15, 0.2) is 0 Å². The lowest BCUT2D eigenvalue weighted by molar-refractivity contribution is 1.03. The van der Waals surface area contributed by atoms with Crippen LogP contribution in [0.2, 0.25) is 0 Å². The number of hydrogen-bond acceptors (Lipinski definition) is 3. The van der Waals surface area contributed by atoms with Gasteiger partial charge < -0.3 is 5.73 Å². The van der Waals surface area contributed by atoms with E-state index in [1.54, 1.807) is 11.8 Å². The Balaban J connectivity index is 3.01. The standard InChI is InChI=1S/C10H15N3S/c1-6(2)14-9-5-8(10(11)12)4-7(3)13-9/h4-6H,1-3H3,(H3,11,12). The summed E-state index contributed by atoms with van der Waals surface area (Å²) in [5.41, 5.74) is 7.08. The molecule has 1 aromatic rings. The van der Waals surface area contributed by atoms with Crippen LogP contribution in [0.5, 0.6) is 0 Å². The molecule has 0 saturated heterocycles. The van der Waals surface area contributed by atoms with Crippen molar-refractivity contribution in [2.75, 3.05) is 0 Å². The zero-order valence-electron chi connectivity index (χ0n) is 8.66. The third-order valence-electron chi connectivity index (χ3n) is 1.60. The Labute approximate surface area is 88.6 Å². The summed E-state index contributed by atoms with van der Waals surface area (Å²) >= 11 is 1.68. The molecular weight excluding hydrogens is 194 g/mol. The fourth-order valence-electron chi connectivity index (χ4n) is 1.10. The van der Waals surface area contributed by atoms with Gasteiger partial charge in [0.25, 0.3) is 0 Å². The van der Waals surface area contributed by atoms with Crippen molar-refractivity contribution in [2.24, 2.45) is 5.73 Å². The van der Waals surface area contributed by atoms with Crippen molar-refractivity contribution in [3.63, 3.8) is 0 Å². The van der Waals surface area contributed by atoms with Crippen molar-refractivity contribution >= 4 is 17.6 Å². The van der Waals surface area contributed by atoms with E-state index >= 15 is 0 Å². The molecule has 0 bridgehead atoms. The van der Waals surface area contributed by atoms with E-state index in [1.807, 2.05) is 19.1 Å². The van der Waals surface area contributed by atoms with E-state index in [1.165, 1.54) is 0 Å². The summed E-state index contributed by atoms with van der Waals surface area (Å²) in [6, 6.07) is 3.69. The Morgan fingerprint density at radius 2 is 2.14 bits per heavy atom. The Bertz CT molecular complexity index is 347. The smallest absolute Gasteiger partial charge is 0.122 e. The summed E-state index contributed by atoms with van der Waals surface area (Å²) in [5, 5.41) is 8.78. The summed E-state index contributed by atoms with van der Waals surface area (Å²) in [7, 11) is 0. The highest BCUT2D eigenvalue weighted by molar-refractivity contribution is 7.99. The normalized spacial score (nSPS) is 10.6. The van der Waals surface area contributed by atoms with Crippen LogP contribution in [0, 0.1) is 12.3 Å². The molecule has 0 amide bonds. The molecule has 1 heterocycles. The molecule has 0 aliphatic carbocycles. The summed E-state index contributed by atoms with van der Waals surface area (Å²) in [5.74, 6) is 0.0982. The molecule has 0 aliphatic heterocycles. The zero-order chi connectivity index (χ0) is 10.7.